The molecular formula is C14H18N4. The van der Waals surface area contributed by atoms with E-state index in [4.69, 9.17) is 0 Å². The predicted molar refractivity (Wildman–Crippen MR) is 71.0 cm³/mol. The molecule has 0 saturated heterocycles. The quantitative estimate of drug-likeness (QED) is 0.892. The lowest BCUT2D eigenvalue weighted by Crippen LogP contribution is -2.18. The summed E-state index contributed by atoms with van der Waals surface area (Å²) in [5.74, 6) is 1.93. The minimum atomic E-state index is 0.698. The summed E-state index contributed by atoms with van der Waals surface area (Å²) in [5, 5.41) is 12.0. The molecule has 1 saturated carbocycles. The van der Waals surface area contributed by atoms with Crippen molar-refractivity contribution in [3.63, 3.8) is 0 Å². The number of nitrogens with zero attached hydrogens (tertiary/aromatic N) is 3. The van der Waals surface area contributed by atoms with E-state index in [1.54, 1.807) is 0 Å². The van der Waals surface area contributed by atoms with Gasteiger partial charge in [-0.25, -0.2) is 0 Å². The van der Waals surface area contributed by atoms with Gasteiger partial charge in [0.1, 0.15) is 5.82 Å². The van der Waals surface area contributed by atoms with Crippen molar-refractivity contribution in [1.82, 2.24) is 20.1 Å². The van der Waals surface area contributed by atoms with E-state index in [1.807, 2.05) is 7.05 Å². The van der Waals surface area contributed by atoms with Gasteiger partial charge in [0.15, 0.2) is 5.82 Å². The Balaban J connectivity index is 1.83. The minimum Gasteiger partial charge on any atom is -0.313 e. The zero-order chi connectivity index (χ0) is 12.5. The van der Waals surface area contributed by atoms with Crippen molar-refractivity contribution in [2.24, 2.45) is 7.05 Å². The van der Waals surface area contributed by atoms with E-state index >= 15 is 0 Å². The van der Waals surface area contributed by atoms with Crippen LogP contribution in [0.25, 0.3) is 11.4 Å². The summed E-state index contributed by atoms with van der Waals surface area (Å²) < 4.78 is 2.07. The van der Waals surface area contributed by atoms with Gasteiger partial charge in [-0.2, -0.15) is 0 Å². The number of hydrogen-bond acceptors (Lipinski definition) is 3. The van der Waals surface area contributed by atoms with E-state index in [0.29, 0.717) is 6.04 Å². The second kappa shape index (κ2) is 4.53. The molecule has 1 aliphatic rings. The average molecular weight is 242 g/mol. The monoisotopic (exact) mass is 242 g/mol. The fourth-order valence-corrected chi connectivity index (χ4v) is 2.07. The van der Waals surface area contributed by atoms with Crippen molar-refractivity contribution in [3.8, 4) is 11.4 Å². The Kier molecular flexibility index (Phi) is 2.88. The van der Waals surface area contributed by atoms with Crippen molar-refractivity contribution in [1.29, 1.82) is 0 Å². The molecule has 4 nitrogen and oxygen atoms in total. The lowest BCUT2D eigenvalue weighted by atomic mass is 10.1. The summed E-state index contributed by atoms with van der Waals surface area (Å²) in [7, 11) is 2.03. The Morgan fingerprint density at radius 1 is 1.33 bits per heavy atom. The van der Waals surface area contributed by atoms with Crippen LogP contribution in [0.4, 0.5) is 0 Å². The number of rotatable bonds is 4. The Morgan fingerprint density at radius 3 is 2.89 bits per heavy atom. The Hall–Kier alpha value is -1.68. The highest BCUT2D eigenvalue weighted by Gasteiger charge is 2.21. The maximum absolute atomic E-state index is 4.30. The molecule has 18 heavy (non-hydrogen) atoms. The van der Waals surface area contributed by atoms with Gasteiger partial charge in [0.25, 0.3) is 0 Å². The van der Waals surface area contributed by atoms with Gasteiger partial charge in [-0.05, 0) is 25.8 Å². The van der Waals surface area contributed by atoms with Crippen molar-refractivity contribution >= 4 is 0 Å². The molecule has 0 radical (unpaired) electrons. The largest absolute Gasteiger partial charge is 0.313 e. The van der Waals surface area contributed by atoms with Gasteiger partial charge in [-0.15, -0.1) is 10.2 Å². The molecule has 1 fully saturated rings. The highest BCUT2D eigenvalue weighted by atomic mass is 15.3. The third-order valence-corrected chi connectivity index (χ3v) is 3.37. The zero-order valence-corrected chi connectivity index (χ0v) is 10.8. The van der Waals surface area contributed by atoms with E-state index in [2.05, 4.69) is 51.3 Å². The van der Waals surface area contributed by atoms with Crippen LogP contribution < -0.4 is 5.32 Å². The number of aryl methyl sites for hydroxylation is 1. The zero-order valence-electron chi connectivity index (χ0n) is 10.8. The average Bonchev–Trinajstić information content (AvgIpc) is 3.11. The van der Waals surface area contributed by atoms with Crippen molar-refractivity contribution < 1.29 is 0 Å². The maximum atomic E-state index is 4.30. The molecule has 1 aliphatic carbocycles. The first-order valence-corrected chi connectivity index (χ1v) is 6.43. The van der Waals surface area contributed by atoms with Crippen LogP contribution in [0, 0.1) is 6.92 Å². The Labute approximate surface area is 107 Å². The number of nitrogens with one attached hydrogen (secondary N) is 1. The molecule has 0 bridgehead atoms. The lowest BCUT2D eigenvalue weighted by Gasteiger charge is -2.05. The maximum Gasteiger partial charge on any atom is 0.163 e. The lowest BCUT2D eigenvalue weighted by molar-refractivity contribution is 0.634. The van der Waals surface area contributed by atoms with Gasteiger partial charge in [-0.3, -0.25) is 0 Å². The predicted octanol–water partition coefficient (Wildman–Crippen LogP) is 2.04. The highest BCUT2D eigenvalue weighted by molar-refractivity contribution is 5.56. The summed E-state index contributed by atoms with van der Waals surface area (Å²) in [5.41, 5.74) is 2.37. The topological polar surface area (TPSA) is 42.7 Å². The van der Waals surface area contributed by atoms with Crippen LogP contribution in [0.15, 0.2) is 24.3 Å². The molecule has 2 aromatic rings. The van der Waals surface area contributed by atoms with Crippen LogP contribution in [0.5, 0.6) is 0 Å². The van der Waals surface area contributed by atoms with Crippen LogP contribution in [0.1, 0.15) is 24.2 Å². The molecular weight excluding hydrogens is 224 g/mol. The van der Waals surface area contributed by atoms with Gasteiger partial charge >= 0.3 is 0 Å². The van der Waals surface area contributed by atoms with Crippen molar-refractivity contribution in [2.45, 2.75) is 32.4 Å². The van der Waals surface area contributed by atoms with Gasteiger partial charge < -0.3 is 9.88 Å². The standard InChI is InChI=1S/C14H18N4/c1-10-4-3-5-11(8-10)14-17-16-13(18(14)2)9-15-12-6-7-12/h3-5,8,12,15H,6-7,9H2,1-2H3. The van der Waals surface area contributed by atoms with E-state index in [0.717, 1.165) is 23.8 Å². The first-order valence-electron chi connectivity index (χ1n) is 6.43. The molecule has 1 aromatic carbocycles. The fourth-order valence-electron chi connectivity index (χ4n) is 2.07. The molecule has 1 heterocycles. The minimum absolute atomic E-state index is 0.698. The molecule has 0 atom stereocenters. The molecule has 4 heteroatoms. The molecule has 0 unspecified atom stereocenters. The van der Waals surface area contributed by atoms with Crippen molar-refractivity contribution in [2.75, 3.05) is 0 Å². The van der Waals surface area contributed by atoms with E-state index in [-0.39, 0.29) is 0 Å². The molecule has 0 aliphatic heterocycles. The van der Waals surface area contributed by atoms with E-state index in [1.165, 1.54) is 18.4 Å². The molecule has 0 spiro atoms. The first-order chi connectivity index (χ1) is 8.74. The van der Waals surface area contributed by atoms with Crippen molar-refractivity contribution in [3.05, 3.63) is 35.7 Å². The summed E-state index contributed by atoms with van der Waals surface area (Å²) in [6.45, 7) is 2.90. The molecule has 1 N–H and O–H groups in total. The molecule has 3 rings (SSSR count). The van der Waals surface area contributed by atoms with Crippen LogP contribution in [-0.2, 0) is 13.6 Å². The summed E-state index contributed by atoms with van der Waals surface area (Å²) in [4.78, 5) is 0. The smallest absolute Gasteiger partial charge is 0.163 e. The summed E-state index contributed by atoms with van der Waals surface area (Å²) in [6.07, 6.45) is 2.59. The van der Waals surface area contributed by atoms with Gasteiger partial charge in [-0.1, -0.05) is 23.8 Å². The summed E-state index contributed by atoms with van der Waals surface area (Å²) in [6, 6.07) is 9.07. The van der Waals surface area contributed by atoms with Gasteiger partial charge in [0.05, 0.1) is 6.54 Å². The van der Waals surface area contributed by atoms with Crippen LogP contribution >= 0.6 is 0 Å². The van der Waals surface area contributed by atoms with Gasteiger partial charge in [0, 0.05) is 18.7 Å². The third kappa shape index (κ3) is 2.29. The third-order valence-electron chi connectivity index (χ3n) is 3.37. The van der Waals surface area contributed by atoms with Crippen LogP contribution in [-0.4, -0.2) is 20.8 Å². The van der Waals surface area contributed by atoms with E-state index in [9.17, 15) is 0 Å². The van der Waals surface area contributed by atoms with Crippen LogP contribution in [0.3, 0.4) is 0 Å². The fraction of sp³-hybridized carbons (Fsp3) is 0.429. The van der Waals surface area contributed by atoms with Crippen LogP contribution in [0.2, 0.25) is 0 Å². The Bertz CT molecular complexity index is 555. The normalized spacial score (nSPS) is 15.0. The second-order valence-electron chi connectivity index (χ2n) is 5.02. The SMILES string of the molecule is Cc1cccc(-c2nnc(CNC3CC3)n2C)c1. The van der Waals surface area contributed by atoms with Gasteiger partial charge in [0.2, 0.25) is 0 Å². The summed E-state index contributed by atoms with van der Waals surface area (Å²) >= 11 is 0. The first kappa shape index (κ1) is 11.4. The number of aromatic nitrogens is 3. The Morgan fingerprint density at radius 2 is 2.17 bits per heavy atom. The highest BCUT2D eigenvalue weighted by Crippen LogP contribution is 2.21. The number of benzene rings is 1. The second-order valence-corrected chi connectivity index (χ2v) is 5.02. The number of hydrogen-bond donors (Lipinski definition) is 1. The molecule has 94 valence electrons. The molecule has 0 amide bonds. The van der Waals surface area contributed by atoms with E-state index < -0.39 is 0 Å². The molecule has 1 aromatic heterocycles.